The summed E-state index contributed by atoms with van der Waals surface area (Å²) >= 11 is 1.63. The summed E-state index contributed by atoms with van der Waals surface area (Å²) in [5.41, 5.74) is 10.3. The van der Waals surface area contributed by atoms with E-state index in [1.165, 1.54) is 37.3 Å². The van der Waals surface area contributed by atoms with Crippen molar-refractivity contribution in [2.75, 3.05) is 63.8 Å². The van der Waals surface area contributed by atoms with Gasteiger partial charge in [0, 0.05) is 115 Å². The topological polar surface area (TPSA) is 240 Å². The number of sulfone groups is 5. The number of thioether (sulfide) groups is 1. The fraction of sp³-hybridized carbons (Fsp3) is 0.355. The van der Waals surface area contributed by atoms with Gasteiger partial charge in [-0.3, -0.25) is 4.90 Å². The quantitative estimate of drug-likeness (QED) is 0.0294. The number of anilines is 5. The van der Waals surface area contributed by atoms with Crippen LogP contribution in [-0.2, 0) is 143 Å². The standard InChI is InChI=1S/C23H26F4N2O3S.C21H22F4N2O2S.C21H23F2NO2S2.C21H25FN2O2S.C21H24FNO3S/c1-4-8-28-11-16-10-15(6-7-18(16)29(9-5-2)23(28)30)12-33(31,32)13-17-21(26)19(24)14(3)20(25)22(17)27;1-4-7-27-13(3)26-9-15-8-14(5-6-17(15)27)10-30(28,29)11-16-20(24)18(22)12(2)19(23)21(16)25;1-4-9-24-15(3)27-11-18-10-16(6-8-19(18)24)12-28(25,26)13-17-7-5-14(2)20(22)21(17)23;1-4-9-24-16(3)23-12-19-10-17(7-8-21(19)24)13-27(25,26)14-18-6-5-15(2)20(22)11-18;1-4-9-23-16(3)26-12-19-10-17(7-8-21(19)23)13-27(24,25)14-18-6-5-15(2)20(22)11-18/h6-7,10H,4-5,8-9,11-13H2,1-3H3;5-6,8,26H,3-4,7,9-11H2,1-2H3;5-8,10H,3-4,9,11-13H2,1-2H3;5-8,10-11,23H,3-4,9,12-14H2,1-2H3;5-8,10-11H,3-4,9,12-14H2,1-2H3. The molecular weight excluding hydrogens is 2010 g/mol. The number of carbonyl (C=O) groups excluding carboxylic acids is 1. The first-order valence-corrected chi connectivity index (χ1v) is 57.3. The number of hydrogen-bond donors (Lipinski definition) is 2. The van der Waals surface area contributed by atoms with Gasteiger partial charge < -0.3 is 39.9 Å². The van der Waals surface area contributed by atoms with E-state index < -0.39 is 158 Å². The number of halogens is 12. The van der Waals surface area contributed by atoms with Crippen LogP contribution in [0.1, 0.15) is 191 Å². The van der Waals surface area contributed by atoms with Crippen LogP contribution >= 0.6 is 11.8 Å². The third-order valence-electron chi connectivity index (χ3n) is 24.6. The van der Waals surface area contributed by atoms with E-state index in [2.05, 4.69) is 67.5 Å². The lowest BCUT2D eigenvalue weighted by Gasteiger charge is -2.37. The monoisotopic (exact) mass is 2130 g/mol. The Balaban J connectivity index is 0.000000173. The largest absolute Gasteiger partial charge is 0.474 e. The van der Waals surface area contributed by atoms with Crippen LogP contribution < -0.4 is 35.1 Å². The average Bonchev–Trinajstić information content (AvgIpc) is 0.777. The molecule has 0 saturated heterocycles. The second kappa shape index (κ2) is 48.7. The number of rotatable bonds is 32. The summed E-state index contributed by atoms with van der Waals surface area (Å²) in [6, 6.07) is 38.7. The Morgan fingerprint density at radius 2 is 0.634 bits per heavy atom. The van der Waals surface area contributed by atoms with E-state index in [-0.39, 0.29) is 57.6 Å². The third kappa shape index (κ3) is 28.6. The summed E-state index contributed by atoms with van der Waals surface area (Å²) < 4.78 is 298. The molecule has 0 unspecified atom stereocenters. The van der Waals surface area contributed by atoms with Crippen molar-refractivity contribution >= 4 is 95.4 Å². The van der Waals surface area contributed by atoms with Crippen molar-refractivity contribution < 1.29 is 104 Å². The van der Waals surface area contributed by atoms with Gasteiger partial charge in [-0.15, -0.1) is 11.8 Å². The van der Waals surface area contributed by atoms with Gasteiger partial charge in [-0.25, -0.2) is 99.6 Å². The van der Waals surface area contributed by atoms with Crippen molar-refractivity contribution in [1.82, 2.24) is 15.5 Å². The van der Waals surface area contributed by atoms with Gasteiger partial charge >= 0.3 is 6.03 Å². The summed E-state index contributed by atoms with van der Waals surface area (Å²) in [7, 11) is -18.7. The molecule has 2 N–H and O–H groups in total. The van der Waals surface area contributed by atoms with Crippen LogP contribution in [0.25, 0.3) is 0 Å². The fourth-order valence-electron chi connectivity index (χ4n) is 17.3. The second-order valence-corrected chi connectivity index (χ2v) is 47.8. The smallest absolute Gasteiger partial charge is 0.324 e. The van der Waals surface area contributed by atoms with E-state index >= 15 is 0 Å². The highest BCUT2D eigenvalue weighted by Crippen LogP contribution is 2.42. The summed E-state index contributed by atoms with van der Waals surface area (Å²) in [6.45, 7) is 40.8. The first-order chi connectivity index (χ1) is 68.3. The number of fused-ring (bicyclic) bond motifs is 5. The normalized spacial score (nSPS) is 14.1. The lowest BCUT2D eigenvalue weighted by molar-refractivity contribution is 0.181. The second-order valence-electron chi connectivity index (χ2n) is 36.5. The first-order valence-electron chi connectivity index (χ1n) is 47.2. The molecule has 0 atom stereocenters. The maximum Gasteiger partial charge on any atom is 0.324 e. The number of amides is 2. The van der Waals surface area contributed by atoms with Gasteiger partial charge in [-0.1, -0.05) is 152 Å². The molecule has 0 fully saturated rings. The zero-order chi connectivity index (χ0) is 106. The molecule has 38 heteroatoms. The Hall–Kier alpha value is -11.7. The molecule has 0 aromatic heterocycles. The predicted molar refractivity (Wildman–Crippen MR) is 550 cm³/mol. The van der Waals surface area contributed by atoms with Crippen LogP contribution in [0.2, 0.25) is 0 Å². The third-order valence-corrected chi connectivity index (χ3v) is 33.2. The van der Waals surface area contributed by atoms with Gasteiger partial charge in [0.15, 0.2) is 113 Å². The molecule has 0 spiro atoms. The van der Waals surface area contributed by atoms with Crippen molar-refractivity contribution in [3.63, 3.8) is 0 Å². The molecule has 15 rings (SSSR count). The Kier molecular flexibility index (Phi) is 38.2. The molecular formula is C107H120F12N8O12S6. The molecule has 10 aromatic rings. The van der Waals surface area contributed by atoms with E-state index in [1.807, 2.05) is 79.1 Å². The van der Waals surface area contributed by atoms with Crippen LogP contribution in [0.4, 0.5) is 85.9 Å². The van der Waals surface area contributed by atoms with Crippen molar-refractivity contribution in [2.45, 2.75) is 204 Å². The van der Waals surface area contributed by atoms with Crippen LogP contribution in [0.5, 0.6) is 0 Å². The Bertz CT molecular complexity index is 7010. The lowest BCUT2D eigenvalue weighted by Crippen LogP contribution is -2.47. The lowest BCUT2D eigenvalue weighted by atomic mass is 10.1. The zero-order valence-corrected chi connectivity index (χ0v) is 87.7. The van der Waals surface area contributed by atoms with Gasteiger partial charge in [-0.05, 0) is 206 Å². The minimum absolute atomic E-state index is 0.0650. The van der Waals surface area contributed by atoms with Crippen LogP contribution in [0.3, 0.4) is 0 Å². The number of urea groups is 1. The van der Waals surface area contributed by atoms with E-state index in [9.17, 15) is 99.6 Å². The number of ether oxygens (including phenoxy) is 1. The SMILES string of the molecule is C=C1NCc2cc(CS(=O)(=O)Cc3c(F)c(F)c(C)c(F)c3F)ccc2N1CCC.C=C1NCc2cc(CS(=O)(=O)Cc3ccc(C)c(F)c3)ccc2N1CCC.C=C1OCc2cc(CS(=O)(=O)Cc3ccc(C)c(F)c3)ccc2N1CCC.C=C1SCc2cc(CS(=O)(=O)Cc3ccc(C)c(F)c3F)ccc2N1CCC.CCCN1Cc2cc(CS(=O)(=O)Cc3c(F)c(F)c(C)c(F)c3F)ccc2N(CCC)C1=O. The summed E-state index contributed by atoms with van der Waals surface area (Å²) in [5.74, 6) is -17.7. The molecule has 0 radical (unpaired) electrons. The highest BCUT2D eigenvalue weighted by molar-refractivity contribution is 8.02. The summed E-state index contributed by atoms with van der Waals surface area (Å²) in [5, 5.41) is 7.38. The fourth-order valence-corrected chi connectivity index (χ4v) is 25.6. The minimum atomic E-state index is -4.17. The Labute approximate surface area is 847 Å². The predicted octanol–water partition coefficient (Wildman–Crippen LogP) is 23.5. The Morgan fingerprint density at radius 1 is 0.324 bits per heavy atom. The van der Waals surface area contributed by atoms with Crippen molar-refractivity contribution in [2.24, 2.45) is 0 Å². The highest BCUT2D eigenvalue weighted by Gasteiger charge is 2.35. The molecule has 0 bridgehead atoms. The molecule has 0 saturated carbocycles. The maximum atomic E-state index is 14.2. The molecule has 5 heterocycles. The van der Waals surface area contributed by atoms with E-state index in [4.69, 9.17) is 4.74 Å². The number of aryl methyl sites for hydroxylation is 3. The molecule has 0 aliphatic carbocycles. The first kappa shape index (κ1) is 114. The number of benzene rings is 10. The molecule has 5 aliphatic heterocycles. The highest BCUT2D eigenvalue weighted by atomic mass is 32.2. The number of carbonyl (C=O) groups is 1. The summed E-state index contributed by atoms with van der Waals surface area (Å²) in [6.07, 6.45) is 5.30. The molecule has 145 heavy (non-hydrogen) atoms. The van der Waals surface area contributed by atoms with Crippen LogP contribution in [0.15, 0.2) is 188 Å². The summed E-state index contributed by atoms with van der Waals surface area (Å²) in [4.78, 5) is 24.3. The molecule has 2 amide bonds. The van der Waals surface area contributed by atoms with Gasteiger partial charge in [0.1, 0.15) is 18.2 Å². The average molecular weight is 2130 g/mol. The van der Waals surface area contributed by atoms with E-state index in [0.717, 1.165) is 157 Å². The van der Waals surface area contributed by atoms with Crippen molar-refractivity contribution in [1.29, 1.82) is 0 Å². The van der Waals surface area contributed by atoms with Crippen LogP contribution in [-0.4, -0.2) is 92.3 Å². The van der Waals surface area contributed by atoms with Crippen molar-refractivity contribution in [3.8, 4) is 0 Å². The zero-order valence-electron chi connectivity index (χ0n) is 82.8. The molecule has 20 nitrogen and oxygen atoms in total. The van der Waals surface area contributed by atoms with Gasteiger partial charge in [0.2, 0.25) is 0 Å². The van der Waals surface area contributed by atoms with Gasteiger partial charge in [-0.2, -0.15) is 0 Å². The van der Waals surface area contributed by atoms with Gasteiger partial charge in [0.25, 0.3) is 0 Å². The van der Waals surface area contributed by atoms with E-state index in [1.54, 1.807) is 96.1 Å². The van der Waals surface area contributed by atoms with Crippen molar-refractivity contribution in [3.05, 3.63) is 369 Å². The number of nitrogens with one attached hydrogen (secondary N) is 2. The van der Waals surface area contributed by atoms with Crippen LogP contribution in [0, 0.1) is 104 Å². The number of nitrogens with zero attached hydrogens (tertiary/aromatic N) is 6. The Morgan fingerprint density at radius 3 is 1.03 bits per heavy atom. The van der Waals surface area contributed by atoms with E-state index in [0.29, 0.717) is 95.4 Å². The minimum Gasteiger partial charge on any atom is -0.474 e. The molecule has 10 aromatic carbocycles. The molecule has 780 valence electrons. The molecule has 5 aliphatic rings. The number of hydrogen-bond acceptors (Lipinski definition) is 19. The van der Waals surface area contributed by atoms with Gasteiger partial charge in [0.05, 0.1) is 85.6 Å². The maximum absolute atomic E-state index is 14.2.